The van der Waals surface area contributed by atoms with Gasteiger partial charge in [-0.2, -0.15) is 0 Å². The quantitative estimate of drug-likeness (QED) is 0.0659. The number of ether oxygens (including phenoxy) is 1. The summed E-state index contributed by atoms with van der Waals surface area (Å²) in [6, 6.07) is 0. The van der Waals surface area contributed by atoms with Crippen LogP contribution < -0.4 is 0 Å². The van der Waals surface area contributed by atoms with Gasteiger partial charge in [-0.15, -0.1) is 0 Å². The molecule has 250 valence electrons. The lowest BCUT2D eigenvalue weighted by Crippen LogP contribution is -2.45. The molecular formula is C38H66O4Si2. The van der Waals surface area contributed by atoms with Crippen LogP contribution in [0.2, 0.25) is 36.3 Å². The highest BCUT2D eigenvalue weighted by atomic mass is 28.4. The summed E-state index contributed by atoms with van der Waals surface area (Å²) >= 11 is 0. The van der Waals surface area contributed by atoms with Crippen molar-refractivity contribution < 1.29 is 18.4 Å². The van der Waals surface area contributed by atoms with E-state index in [1.165, 1.54) is 24.7 Å². The van der Waals surface area contributed by atoms with E-state index in [2.05, 4.69) is 129 Å². The number of carbonyl (C=O) groups is 1. The van der Waals surface area contributed by atoms with Crippen molar-refractivity contribution in [2.75, 3.05) is 7.11 Å². The summed E-state index contributed by atoms with van der Waals surface area (Å²) in [4.78, 5) is 11.4. The number of methoxy groups -OCH3 is 1. The molecule has 0 amide bonds. The van der Waals surface area contributed by atoms with Crippen molar-refractivity contribution in [2.45, 2.75) is 156 Å². The molecule has 0 unspecified atom stereocenters. The van der Waals surface area contributed by atoms with E-state index in [1.54, 1.807) is 0 Å². The molecule has 0 spiro atoms. The number of allylic oxidation sites excluding steroid dienone is 4. The molecule has 0 aromatic rings. The van der Waals surface area contributed by atoms with E-state index >= 15 is 0 Å². The van der Waals surface area contributed by atoms with Gasteiger partial charge in [0.1, 0.15) is 0 Å². The van der Waals surface area contributed by atoms with Gasteiger partial charge in [-0.3, -0.25) is 0 Å². The fraction of sp³-hybridized carbons (Fsp3) is 0.763. The highest BCUT2D eigenvalue weighted by Gasteiger charge is 2.49. The standard InChI is InChI=1S/C38H66O4Si2/c1-28(2)18-17-19-29(3)24-32(41-43(11,12)37(4,5)6)22-23-33-34-26-30(20-15-16-21-36(39)40-10)25-31(34)27-35(33)42-44(13,14)38(7,8)9/h18,22-23,25,29,31-35H,15,17,19-20,24,26-27H2,1-14H3/t29-,31+,32-,33-,34+,35-/m1/s1. The van der Waals surface area contributed by atoms with E-state index in [9.17, 15) is 4.79 Å². The van der Waals surface area contributed by atoms with Crippen molar-refractivity contribution in [3.8, 4) is 11.8 Å². The van der Waals surface area contributed by atoms with Gasteiger partial charge >= 0.3 is 5.97 Å². The molecule has 1 saturated carbocycles. The summed E-state index contributed by atoms with van der Waals surface area (Å²) in [6.45, 7) is 30.3. The summed E-state index contributed by atoms with van der Waals surface area (Å²) in [5.74, 6) is 7.16. The molecule has 6 atom stereocenters. The highest BCUT2D eigenvalue weighted by molar-refractivity contribution is 6.74. The van der Waals surface area contributed by atoms with Crippen LogP contribution in [-0.2, 0) is 18.4 Å². The Morgan fingerprint density at radius 3 is 2.27 bits per heavy atom. The molecular weight excluding hydrogens is 577 g/mol. The molecule has 4 nitrogen and oxygen atoms in total. The molecule has 2 aliphatic carbocycles. The van der Waals surface area contributed by atoms with Gasteiger partial charge < -0.3 is 13.6 Å². The van der Waals surface area contributed by atoms with E-state index in [0.717, 1.165) is 32.1 Å². The van der Waals surface area contributed by atoms with Crippen molar-refractivity contribution in [3.05, 3.63) is 35.5 Å². The van der Waals surface area contributed by atoms with Crippen LogP contribution in [0.4, 0.5) is 0 Å². The molecule has 44 heavy (non-hydrogen) atoms. The van der Waals surface area contributed by atoms with E-state index in [4.69, 9.17) is 8.85 Å². The summed E-state index contributed by atoms with van der Waals surface area (Å²) < 4.78 is 19.0. The fourth-order valence-electron chi connectivity index (χ4n) is 6.00. The Morgan fingerprint density at radius 1 is 1.07 bits per heavy atom. The second-order valence-corrected chi connectivity index (χ2v) is 26.4. The van der Waals surface area contributed by atoms with Gasteiger partial charge in [0.05, 0.1) is 19.3 Å². The van der Waals surface area contributed by atoms with E-state index in [1.807, 2.05) is 0 Å². The van der Waals surface area contributed by atoms with Crippen LogP contribution in [-0.4, -0.2) is 41.9 Å². The van der Waals surface area contributed by atoms with Crippen LogP contribution in [0.5, 0.6) is 0 Å². The maximum absolute atomic E-state index is 11.4. The maximum atomic E-state index is 11.4. The molecule has 0 heterocycles. The van der Waals surface area contributed by atoms with Gasteiger partial charge in [0.25, 0.3) is 0 Å². The number of rotatable bonds is 13. The zero-order valence-corrected chi connectivity index (χ0v) is 32.9. The van der Waals surface area contributed by atoms with Crippen molar-refractivity contribution in [1.82, 2.24) is 0 Å². The predicted molar refractivity (Wildman–Crippen MR) is 193 cm³/mol. The van der Waals surface area contributed by atoms with Crippen LogP contribution >= 0.6 is 0 Å². The summed E-state index contributed by atoms with van der Waals surface area (Å²) in [6.07, 6.45) is 17.3. The third kappa shape index (κ3) is 11.4. The number of hydrogen-bond acceptors (Lipinski definition) is 4. The zero-order valence-electron chi connectivity index (χ0n) is 30.9. The second kappa shape index (κ2) is 15.9. The molecule has 0 bridgehead atoms. The number of fused-ring (bicyclic) bond motifs is 1. The smallest absolute Gasteiger partial charge is 0.384 e. The first-order chi connectivity index (χ1) is 20.2. The largest absolute Gasteiger partial charge is 0.459 e. The molecule has 0 saturated heterocycles. The Bertz CT molecular complexity index is 1100. The van der Waals surface area contributed by atoms with Crippen molar-refractivity contribution in [2.24, 2.45) is 23.7 Å². The van der Waals surface area contributed by atoms with Crippen molar-refractivity contribution in [1.29, 1.82) is 0 Å². The summed E-state index contributed by atoms with van der Waals surface area (Å²) in [5, 5.41) is 0.338. The van der Waals surface area contributed by atoms with Gasteiger partial charge in [-0.05, 0) is 106 Å². The molecule has 1 fully saturated rings. The fourth-order valence-corrected chi connectivity index (χ4v) is 8.65. The summed E-state index contributed by atoms with van der Waals surface area (Å²) in [7, 11) is -2.51. The SMILES string of the molecule is COC(=O)C#CCCC1=C[C@H]2C[C@@H](O[Si](C)(C)C(C)(C)C)[C@H](C=C[C@H](C[C@H](C)CCC=C(C)C)O[Si](C)(C)C(C)(C)C)[C@H]2C1. The van der Waals surface area contributed by atoms with Gasteiger partial charge in [-0.1, -0.05) is 89.8 Å². The molecule has 0 aromatic heterocycles. The van der Waals surface area contributed by atoms with Crippen LogP contribution in [0.1, 0.15) is 107 Å². The summed E-state index contributed by atoms with van der Waals surface area (Å²) in [5.41, 5.74) is 2.88. The average molecular weight is 643 g/mol. The van der Waals surface area contributed by atoms with E-state index in [-0.39, 0.29) is 22.3 Å². The lowest BCUT2D eigenvalue weighted by Gasteiger charge is -2.40. The van der Waals surface area contributed by atoms with Crippen molar-refractivity contribution >= 4 is 22.6 Å². The first kappa shape index (κ1) is 38.8. The minimum absolute atomic E-state index is 0.118. The molecule has 0 radical (unpaired) electrons. The third-order valence-corrected chi connectivity index (χ3v) is 19.8. The highest BCUT2D eigenvalue weighted by Crippen LogP contribution is 2.51. The van der Waals surface area contributed by atoms with Crippen LogP contribution in [0.15, 0.2) is 35.5 Å². The van der Waals surface area contributed by atoms with Crippen LogP contribution in [0, 0.1) is 35.5 Å². The molecule has 2 rings (SSSR count). The number of carbonyl (C=O) groups excluding carboxylic acids is 1. The molecule has 0 aliphatic heterocycles. The Hall–Kier alpha value is -1.40. The first-order valence-corrected chi connectivity index (χ1v) is 22.9. The average Bonchev–Trinajstić information content (AvgIpc) is 3.39. The van der Waals surface area contributed by atoms with Crippen molar-refractivity contribution in [3.63, 3.8) is 0 Å². The van der Waals surface area contributed by atoms with Crippen LogP contribution in [0.3, 0.4) is 0 Å². The number of esters is 1. The Morgan fingerprint density at radius 2 is 1.70 bits per heavy atom. The van der Waals surface area contributed by atoms with Gasteiger partial charge in [0, 0.05) is 18.3 Å². The monoisotopic (exact) mass is 642 g/mol. The molecule has 0 N–H and O–H groups in total. The Labute approximate surface area is 274 Å². The zero-order chi connectivity index (χ0) is 33.5. The normalized spacial score (nSPS) is 23.9. The maximum Gasteiger partial charge on any atom is 0.384 e. The minimum Gasteiger partial charge on any atom is -0.459 e. The lowest BCUT2D eigenvalue weighted by atomic mass is 9.88. The first-order valence-electron chi connectivity index (χ1n) is 17.1. The topological polar surface area (TPSA) is 44.8 Å². The molecule has 2 aliphatic rings. The lowest BCUT2D eigenvalue weighted by molar-refractivity contribution is -0.133. The predicted octanol–water partition coefficient (Wildman–Crippen LogP) is 10.6. The van der Waals surface area contributed by atoms with E-state index in [0.29, 0.717) is 30.1 Å². The van der Waals surface area contributed by atoms with Gasteiger partial charge in [0.2, 0.25) is 0 Å². The van der Waals surface area contributed by atoms with E-state index < -0.39 is 22.6 Å². The number of hydrogen-bond donors (Lipinski definition) is 0. The van der Waals surface area contributed by atoms with Gasteiger partial charge in [-0.25, -0.2) is 4.79 Å². The third-order valence-electron chi connectivity index (χ3n) is 10.8. The molecule has 0 aromatic carbocycles. The Balaban J connectivity index is 2.33. The second-order valence-electron chi connectivity index (χ2n) is 16.9. The Kier molecular flexibility index (Phi) is 14.0. The molecule has 6 heteroatoms. The van der Waals surface area contributed by atoms with Gasteiger partial charge in [0.15, 0.2) is 16.6 Å². The minimum atomic E-state index is -1.95. The van der Waals surface area contributed by atoms with Crippen LogP contribution in [0.25, 0.3) is 0 Å².